The van der Waals surface area contributed by atoms with Gasteiger partial charge in [-0.2, -0.15) is 5.26 Å². The summed E-state index contributed by atoms with van der Waals surface area (Å²) in [4.78, 5) is 41.4. The molecular weight excluding hydrogens is 522 g/mol. The fraction of sp³-hybridized carbons (Fsp3) is 0.462. The van der Waals surface area contributed by atoms with Crippen molar-refractivity contribution in [1.29, 1.82) is 5.26 Å². The average Bonchev–Trinajstić information content (AvgIpc) is 3.72. The number of fused-ring (bicyclic) bond motifs is 1. The molecule has 0 bridgehead atoms. The number of benzene rings is 1. The van der Waals surface area contributed by atoms with Crippen LogP contribution in [0.15, 0.2) is 29.3 Å². The third-order valence-electron chi connectivity index (χ3n) is 6.69. The summed E-state index contributed by atoms with van der Waals surface area (Å²) in [5.74, 6) is 0.983. The lowest BCUT2D eigenvalue weighted by molar-refractivity contribution is 0.0231. The molecule has 1 saturated heterocycles. The summed E-state index contributed by atoms with van der Waals surface area (Å²) < 4.78 is 7.09. The Hall–Kier alpha value is -4.11. The highest BCUT2D eigenvalue weighted by Gasteiger charge is 2.38. The molecule has 1 saturated carbocycles. The zero-order valence-corrected chi connectivity index (χ0v) is 22.8. The number of amides is 1. The minimum atomic E-state index is -0.604. The number of halogens is 1. The first kappa shape index (κ1) is 26.5. The number of ether oxygens (including phenoxy) is 1. The smallest absolute Gasteiger partial charge is 0.410 e. The number of carbonyl (C=O) groups is 1. The van der Waals surface area contributed by atoms with Gasteiger partial charge in [0.05, 0.1) is 35.1 Å². The Bertz CT molecular complexity index is 1520. The molecule has 0 unspecified atom stereocenters. The molecule has 2 aliphatic rings. The second-order valence-corrected chi connectivity index (χ2v) is 11.1. The van der Waals surface area contributed by atoms with Gasteiger partial charge in [-0.3, -0.25) is 4.79 Å². The number of nitrogens with two attached hydrogens (primary N) is 1. The SMILES string of the molecule is CC(C)(C)OC(=O)N1CCN(n2c([C@@H](Nc3ncnc(N)c3C#N)C3CC3)nc3cccc(Cl)c3c2=O)CC1. The molecule has 0 radical (unpaired) electrons. The molecule has 12 nitrogen and oxygen atoms in total. The van der Waals surface area contributed by atoms with Crippen LogP contribution in [0.4, 0.5) is 16.4 Å². The van der Waals surface area contributed by atoms with E-state index in [1.807, 2.05) is 25.8 Å². The molecule has 1 aromatic carbocycles. The fourth-order valence-electron chi connectivity index (χ4n) is 4.67. The molecule has 1 aliphatic heterocycles. The molecule has 204 valence electrons. The Balaban J connectivity index is 1.56. The van der Waals surface area contributed by atoms with Crippen LogP contribution in [0.5, 0.6) is 0 Å². The van der Waals surface area contributed by atoms with Crippen LogP contribution in [0.2, 0.25) is 5.02 Å². The van der Waals surface area contributed by atoms with Gasteiger partial charge in [0.15, 0.2) is 5.82 Å². The first-order chi connectivity index (χ1) is 18.6. The van der Waals surface area contributed by atoms with Crippen LogP contribution in [-0.4, -0.2) is 62.4 Å². The van der Waals surface area contributed by atoms with E-state index in [9.17, 15) is 14.9 Å². The van der Waals surface area contributed by atoms with Crippen LogP contribution in [0, 0.1) is 17.2 Å². The van der Waals surface area contributed by atoms with E-state index in [-0.39, 0.29) is 28.7 Å². The second-order valence-electron chi connectivity index (χ2n) is 10.7. The lowest BCUT2D eigenvalue weighted by atomic mass is 10.1. The van der Waals surface area contributed by atoms with Crippen molar-refractivity contribution < 1.29 is 9.53 Å². The largest absolute Gasteiger partial charge is 0.444 e. The number of piperazine rings is 1. The number of hydrogen-bond donors (Lipinski definition) is 2. The summed E-state index contributed by atoms with van der Waals surface area (Å²) in [6.07, 6.45) is 2.72. The van der Waals surface area contributed by atoms with Gasteiger partial charge in [-0.25, -0.2) is 24.4 Å². The molecule has 39 heavy (non-hydrogen) atoms. The minimum Gasteiger partial charge on any atom is -0.444 e. The van der Waals surface area contributed by atoms with Gasteiger partial charge in [0.1, 0.15) is 35.2 Å². The highest BCUT2D eigenvalue weighted by atomic mass is 35.5. The number of hydrogen-bond acceptors (Lipinski definition) is 10. The van der Waals surface area contributed by atoms with Crippen LogP contribution in [0.3, 0.4) is 0 Å². The Morgan fingerprint density at radius 1 is 1.23 bits per heavy atom. The monoisotopic (exact) mass is 551 g/mol. The predicted molar refractivity (Wildman–Crippen MR) is 147 cm³/mol. The first-order valence-electron chi connectivity index (χ1n) is 12.8. The Labute approximate surface area is 230 Å². The maximum absolute atomic E-state index is 14.0. The van der Waals surface area contributed by atoms with E-state index in [0.29, 0.717) is 47.9 Å². The molecule has 3 N–H and O–H groups in total. The van der Waals surface area contributed by atoms with E-state index in [1.165, 1.54) is 6.33 Å². The number of nitrogens with zero attached hydrogens (tertiary/aromatic N) is 7. The maximum atomic E-state index is 14.0. The average molecular weight is 552 g/mol. The zero-order chi connectivity index (χ0) is 27.9. The van der Waals surface area contributed by atoms with E-state index < -0.39 is 17.7 Å². The number of nitrogens with one attached hydrogen (secondary N) is 1. The van der Waals surface area contributed by atoms with Gasteiger partial charge in [0, 0.05) is 13.1 Å². The second kappa shape index (κ2) is 10.2. The van der Waals surface area contributed by atoms with Crippen LogP contribution >= 0.6 is 11.6 Å². The fourth-order valence-corrected chi connectivity index (χ4v) is 4.92. The molecule has 2 aromatic heterocycles. The molecule has 5 rings (SSSR count). The van der Waals surface area contributed by atoms with E-state index >= 15 is 0 Å². The van der Waals surface area contributed by atoms with Crippen LogP contribution in [-0.2, 0) is 4.74 Å². The number of nitrogen functional groups attached to an aromatic ring is 1. The lowest BCUT2D eigenvalue weighted by Gasteiger charge is -2.38. The molecule has 1 amide bonds. The highest BCUT2D eigenvalue weighted by molar-refractivity contribution is 6.35. The molecule has 1 atom stereocenters. The Morgan fingerprint density at radius 3 is 2.59 bits per heavy atom. The highest BCUT2D eigenvalue weighted by Crippen LogP contribution is 2.43. The van der Waals surface area contributed by atoms with Gasteiger partial charge in [-0.1, -0.05) is 17.7 Å². The van der Waals surface area contributed by atoms with Crippen LogP contribution < -0.4 is 21.6 Å². The van der Waals surface area contributed by atoms with Crippen molar-refractivity contribution in [2.45, 2.75) is 45.3 Å². The molecule has 3 heterocycles. The zero-order valence-electron chi connectivity index (χ0n) is 22.0. The van der Waals surface area contributed by atoms with E-state index in [4.69, 9.17) is 27.1 Å². The van der Waals surface area contributed by atoms with Crippen molar-refractivity contribution in [2.75, 3.05) is 42.2 Å². The number of aromatic nitrogens is 4. The van der Waals surface area contributed by atoms with Crippen molar-refractivity contribution in [2.24, 2.45) is 5.92 Å². The maximum Gasteiger partial charge on any atom is 0.410 e. The first-order valence-corrected chi connectivity index (χ1v) is 13.2. The lowest BCUT2D eigenvalue weighted by Crippen LogP contribution is -2.57. The summed E-state index contributed by atoms with van der Waals surface area (Å²) in [5, 5.41) is 15.5. The van der Waals surface area contributed by atoms with Crippen LogP contribution in [0.1, 0.15) is 51.0 Å². The van der Waals surface area contributed by atoms with Crippen molar-refractivity contribution >= 4 is 40.2 Å². The molecule has 2 fully saturated rings. The van der Waals surface area contributed by atoms with E-state index in [1.54, 1.807) is 27.8 Å². The number of nitriles is 1. The topological polar surface area (TPSA) is 155 Å². The summed E-state index contributed by atoms with van der Waals surface area (Å²) in [6, 6.07) is 6.79. The van der Waals surface area contributed by atoms with Crippen LogP contribution in [0.25, 0.3) is 10.9 Å². The van der Waals surface area contributed by atoms with Crippen molar-refractivity contribution in [1.82, 2.24) is 24.5 Å². The van der Waals surface area contributed by atoms with E-state index in [0.717, 1.165) is 12.8 Å². The van der Waals surface area contributed by atoms with Gasteiger partial charge in [0.25, 0.3) is 5.56 Å². The molecule has 13 heteroatoms. The quantitative estimate of drug-likeness (QED) is 0.483. The van der Waals surface area contributed by atoms with Gasteiger partial charge >= 0.3 is 6.09 Å². The Kier molecular flexibility index (Phi) is 6.94. The minimum absolute atomic E-state index is 0.0680. The third-order valence-corrected chi connectivity index (χ3v) is 7.01. The standard InChI is InChI=1S/C26H30ClN9O3/c1-26(2,3)39-25(38)34-9-11-35(12-10-34)36-23(32-18-6-4-5-17(27)19(18)24(36)37)20(15-7-8-15)33-22-16(13-28)21(29)30-14-31-22/h4-6,14-15,20H,7-12H2,1-3H3,(H3,29,30,31,33)/t20-/m0/s1. The molecular formula is C26H30ClN9O3. The Morgan fingerprint density at radius 2 is 1.95 bits per heavy atom. The molecule has 3 aromatic rings. The number of anilines is 2. The van der Waals surface area contributed by atoms with Gasteiger partial charge < -0.3 is 25.7 Å². The van der Waals surface area contributed by atoms with Gasteiger partial charge in [0.2, 0.25) is 0 Å². The van der Waals surface area contributed by atoms with Gasteiger partial charge in [-0.15, -0.1) is 0 Å². The molecule has 1 aliphatic carbocycles. The van der Waals surface area contributed by atoms with Crippen molar-refractivity contribution in [3.8, 4) is 6.07 Å². The van der Waals surface area contributed by atoms with Crippen molar-refractivity contribution in [3.63, 3.8) is 0 Å². The predicted octanol–water partition coefficient (Wildman–Crippen LogP) is 3.05. The van der Waals surface area contributed by atoms with E-state index in [2.05, 4.69) is 21.4 Å². The summed E-state index contributed by atoms with van der Waals surface area (Å²) in [7, 11) is 0. The molecule has 0 spiro atoms. The normalized spacial score (nSPS) is 16.6. The summed E-state index contributed by atoms with van der Waals surface area (Å²) in [6.45, 7) is 6.96. The van der Waals surface area contributed by atoms with Crippen molar-refractivity contribution in [3.05, 3.63) is 51.3 Å². The number of carbonyl (C=O) groups excluding carboxylic acids is 1. The third kappa shape index (κ3) is 5.40. The summed E-state index contributed by atoms with van der Waals surface area (Å²) in [5.41, 5.74) is 5.62. The number of rotatable bonds is 5. The van der Waals surface area contributed by atoms with Gasteiger partial charge in [-0.05, 0) is 51.7 Å². The summed E-state index contributed by atoms with van der Waals surface area (Å²) >= 11 is 6.47.